The highest BCUT2D eigenvalue weighted by atomic mass is 16.5. The summed E-state index contributed by atoms with van der Waals surface area (Å²) in [5.74, 6) is 1.16. The van der Waals surface area contributed by atoms with Gasteiger partial charge in [-0.05, 0) is 36.8 Å². The summed E-state index contributed by atoms with van der Waals surface area (Å²) in [5, 5.41) is 0. The zero-order chi connectivity index (χ0) is 13.1. The van der Waals surface area contributed by atoms with Crippen LogP contribution in [0.5, 0.6) is 0 Å². The zero-order valence-corrected chi connectivity index (χ0v) is 11.7. The summed E-state index contributed by atoms with van der Waals surface area (Å²) < 4.78 is 5.60. The van der Waals surface area contributed by atoms with Gasteiger partial charge in [0.2, 0.25) is 0 Å². The van der Waals surface area contributed by atoms with E-state index in [0.29, 0.717) is 11.8 Å². The maximum absolute atomic E-state index is 6.36. The fraction of sp³-hybridized carbons (Fsp3) is 0.625. The largest absolute Gasteiger partial charge is 0.378 e. The molecule has 0 radical (unpaired) electrons. The zero-order valence-electron chi connectivity index (χ0n) is 11.7. The van der Waals surface area contributed by atoms with Gasteiger partial charge in [-0.15, -0.1) is 0 Å². The fourth-order valence-corrected chi connectivity index (χ4v) is 2.81. The van der Waals surface area contributed by atoms with Gasteiger partial charge in [-0.2, -0.15) is 0 Å². The predicted molar refractivity (Wildman–Crippen MR) is 75.4 cm³/mol. The Hall–Kier alpha value is -0.860. The molecule has 0 saturated carbocycles. The third-order valence-electron chi connectivity index (χ3n) is 3.90. The van der Waals surface area contributed by atoms with Gasteiger partial charge in [0.1, 0.15) is 0 Å². The summed E-state index contributed by atoms with van der Waals surface area (Å²) in [6, 6.07) is 8.92. The van der Waals surface area contributed by atoms with Crippen LogP contribution in [-0.2, 0) is 11.2 Å². The van der Waals surface area contributed by atoms with Gasteiger partial charge in [-0.3, -0.25) is 0 Å². The molecule has 1 saturated heterocycles. The van der Waals surface area contributed by atoms with Crippen LogP contribution in [0.4, 0.5) is 0 Å². The van der Waals surface area contributed by atoms with Crippen molar-refractivity contribution in [3.05, 3.63) is 35.4 Å². The lowest BCUT2D eigenvalue weighted by Gasteiger charge is -2.22. The van der Waals surface area contributed by atoms with Crippen LogP contribution in [-0.4, -0.2) is 12.7 Å². The van der Waals surface area contributed by atoms with Crippen molar-refractivity contribution in [3.8, 4) is 0 Å². The van der Waals surface area contributed by atoms with Crippen LogP contribution in [0.15, 0.2) is 24.3 Å². The maximum Gasteiger partial charge on any atom is 0.0594 e. The molecule has 1 aliphatic heterocycles. The van der Waals surface area contributed by atoms with Crippen molar-refractivity contribution in [2.24, 2.45) is 17.6 Å². The van der Waals surface area contributed by atoms with Crippen molar-refractivity contribution in [1.82, 2.24) is 0 Å². The number of ether oxygens (including phenoxy) is 1. The van der Waals surface area contributed by atoms with Crippen LogP contribution in [0.3, 0.4) is 0 Å². The quantitative estimate of drug-likeness (QED) is 0.886. The Morgan fingerprint density at radius 1 is 1.28 bits per heavy atom. The normalized spacial score (nSPS) is 25.6. The molecule has 2 N–H and O–H groups in total. The fourth-order valence-electron chi connectivity index (χ4n) is 2.81. The van der Waals surface area contributed by atoms with E-state index in [1.807, 2.05) is 0 Å². The Balaban J connectivity index is 2.04. The standard InChI is InChI=1S/C16H25NO/c1-11(2)10-13-4-6-14(7-5-13)16(17)15-8-9-18-12(15)3/h4-7,11-12,15-16H,8-10,17H2,1-3H3. The highest BCUT2D eigenvalue weighted by molar-refractivity contribution is 5.26. The summed E-state index contributed by atoms with van der Waals surface area (Å²) in [6.45, 7) is 7.48. The lowest BCUT2D eigenvalue weighted by atomic mass is 9.88. The number of hydrogen-bond acceptors (Lipinski definition) is 2. The van der Waals surface area contributed by atoms with Crippen LogP contribution in [0.2, 0.25) is 0 Å². The monoisotopic (exact) mass is 247 g/mol. The molecule has 0 amide bonds. The van der Waals surface area contributed by atoms with Crippen molar-refractivity contribution >= 4 is 0 Å². The second-order valence-electron chi connectivity index (χ2n) is 5.89. The highest BCUT2D eigenvalue weighted by Gasteiger charge is 2.30. The average Bonchev–Trinajstić information content (AvgIpc) is 2.75. The van der Waals surface area contributed by atoms with Crippen LogP contribution in [0.25, 0.3) is 0 Å². The van der Waals surface area contributed by atoms with Crippen LogP contribution < -0.4 is 5.73 Å². The molecule has 1 aliphatic rings. The molecule has 1 heterocycles. The molecule has 3 atom stereocenters. The highest BCUT2D eigenvalue weighted by Crippen LogP contribution is 2.31. The number of rotatable bonds is 4. The third kappa shape index (κ3) is 3.12. The maximum atomic E-state index is 6.36. The second-order valence-corrected chi connectivity index (χ2v) is 5.89. The second kappa shape index (κ2) is 5.85. The SMILES string of the molecule is CC(C)Cc1ccc(C(N)C2CCOC2C)cc1. The first kappa shape index (κ1) is 13.6. The van der Waals surface area contributed by atoms with Crippen molar-refractivity contribution in [2.75, 3.05) is 6.61 Å². The third-order valence-corrected chi connectivity index (χ3v) is 3.90. The molecule has 100 valence electrons. The smallest absolute Gasteiger partial charge is 0.0594 e. The molecule has 18 heavy (non-hydrogen) atoms. The summed E-state index contributed by atoms with van der Waals surface area (Å²) in [6.07, 6.45) is 2.50. The lowest BCUT2D eigenvalue weighted by Crippen LogP contribution is -2.26. The van der Waals surface area contributed by atoms with E-state index in [0.717, 1.165) is 19.4 Å². The molecule has 0 aromatic heterocycles. The Bertz CT molecular complexity index is 371. The van der Waals surface area contributed by atoms with Crippen LogP contribution in [0, 0.1) is 11.8 Å². The summed E-state index contributed by atoms with van der Waals surface area (Å²) in [7, 11) is 0. The molecule has 1 aromatic carbocycles. The van der Waals surface area contributed by atoms with Gasteiger partial charge in [0.15, 0.2) is 0 Å². The van der Waals surface area contributed by atoms with E-state index in [1.54, 1.807) is 0 Å². The number of nitrogens with two attached hydrogens (primary N) is 1. The first-order chi connectivity index (χ1) is 8.58. The van der Waals surface area contributed by atoms with E-state index in [2.05, 4.69) is 45.0 Å². The van der Waals surface area contributed by atoms with E-state index in [-0.39, 0.29) is 12.1 Å². The van der Waals surface area contributed by atoms with Gasteiger partial charge in [0, 0.05) is 18.6 Å². The van der Waals surface area contributed by atoms with E-state index in [1.165, 1.54) is 11.1 Å². The molecular weight excluding hydrogens is 222 g/mol. The van der Waals surface area contributed by atoms with Gasteiger partial charge < -0.3 is 10.5 Å². The Morgan fingerprint density at radius 3 is 2.44 bits per heavy atom. The minimum absolute atomic E-state index is 0.107. The Morgan fingerprint density at radius 2 is 1.94 bits per heavy atom. The lowest BCUT2D eigenvalue weighted by molar-refractivity contribution is 0.0995. The first-order valence-electron chi connectivity index (χ1n) is 7.04. The van der Waals surface area contributed by atoms with Crippen LogP contribution >= 0.6 is 0 Å². The molecule has 0 aliphatic carbocycles. The van der Waals surface area contributed by atoms with E-state index < -0.39 is 0 Å². The van der Waals surface area contributed by atoms with Gasteiger partial charge in [0.05, 0.1) is 6.10 Å². The van der Waals surface area contributed by atoms with Gasteiger partial charge in [-0.25, -0.2) is 0 Å². The minimum Gasteiger partial charge on any atom is -0.378 e. The van der Waals surface area contributed by atoms with Crippen molar-refractivity contribution < 1.29 is 4.74 Å². The molecule has 2 rings (SSSR count). The van der Waals surface area contributed by atoms with Gasteiger partial charge in [0.25, 0.3) is 0 Å². The molecule has 3 unspecified atom stereocenters. The van der Waals surface area contributed by atoms with Crippen molar-refractivity contribution in [2.45, 2.75) is 45.8 Å². The molecule has 2 nitrogen and oxygen atoms in total. The molecular formula is C16H25NO. The number of hydrogen-bond donors (Lipinski definition) is 1. The molecule has 1 aromatic rings. The number of benzene rings is 1. The van der Waals surface area contributed by atoms with Crippen LogP contribution in [0.1, 0.15) is 44.4 Å². The van der Waals surface area contributed by atoms with Gasteiger partial charge >= 0.3 is 0 Å². The van der Waals surface area contributed by atoms with E-state index >= 15 is 0 Å². The summed E-state index contributed by atoms with van der Waals surface area (Å²) >= 11 is 0. The minimum atomic E-state index is 0.107. The topological polar surface area (TPSA) is 35.2 Å². The Kier molecular flexibility index (Phi) is 4.41. The molecule has 1 fully saturated rings. The van der Waals surface area contributed by atoms with E-state index in [4.69, 9.17) is 10.5 Å². The van der Waals surface area contributed by atoms with E-state index in [9.17, 15) is 0 Å². The van der Waals surface area contributed by atoms with Gasteiger partial charge in [-0.1, -0.05) is 38.1 Å². The molecule has 0 spiro atoms. The first-order valence-corrected chi connectivity index (χ1v) is 7.04. The Labute approximate surface area is 111 Å². The molecule has 0 bridgehead atoms. The summed E-state index contributed by atoms with van der Waals surface area (Å²) in [5.41, 5.74) is 9.00. The average molecular weight is 247 g/mol. The van der Waals surface area contributed by atoms with Crippen molar-refractivity contribution in [1.29, 1.82) is 0 Å². The van der Waals surface area contributed by atoms with Crippen molar-refractivity contribution in [3.63, 3.8) is 0 Å². The predicted octanol–water partition coefficient (Wildman–Crippen LogP) is 3.31. The summed E-state index contributed by atoms with van der Waals surface area (Å²) in [4.78, 5) is 0. The molecule has 2 heteroatoms.